The average molecular weight is 952 g/mol. The lowest BCUT2D eigenvalue weighted by Gasteiger charge is -2.31. The Labute approximate surface area is 434 Å². The van der Waals surface area contributed by atoms with E-state index in [1.165, 1.54) is 88.3 Å². The third-order valence-corrected chi connectivity index (χ3v) is 16.4. The van der Waals surface area contributed by atoms with Crippen LogP contribution in [0, 0.1) is 0 Å². The number of furan rings is 1. The molecule has 0 bridgehead atoms. The molecule has 14 aromatic rings. The van der Waals surface area contributed by atoms with Crippen molar-refractivity contribution in [1.82, 2.24) is 0 Å². The molecule has 0 N–H and O–H groups in total. The van der Waals surface area contributed by atoms with Gasteiger partial charge in [0.1, 0.15) is 11.2 Å². The lowest BCUT2D eigenvalue weighted by Crippen LogP contribution is -2.26. The van der Waals surface area contributed by atoms with Gasteiger partial charge in [-0.1, -0.05) is 212 Å². The highest BCUT2D eigenvalue weighted by atomic mass is 16.3. The quantitative estimate of drug-likeness (QED) is 0.165. The summed E-state index contributed by atoms with van der Waals surface area (Å²) in [6.07, 6.45) is 0. The van der Waals surface area contributed by atoms with E-state index in [2.05, 4.69) is 278 Å². The summed E-state index contributed by atoms with van der Waals surface area (Å²) in [5.74, 6) is 0. The normalized spacial score (nSPS) is 12.9. The zero-order chi connectivity index (χ0) is 49.2. The number of hydrogen-bond acceptors (Lipinski definition) is 2. The fourth-order valence-electron chi connectivity index (χ4n) is 13.1. The van der Waals surface area contributed by atoms with E-state index in [4.69, 9.17) is 4.42 Å². The van der Waals surface area contributed by atoms with Crippen molar-refractivity contribution in [3.05, 3.63) is 295 Å². The van der Waals surface area contributed by atoms with Crippen LogP contribution in [0.4, 0.5) is 17.1 Å². The van der Waals surface area contributed by atoms with E-state index in [0.717, 1.165) is 60.9 Å². The second-order valence-corrected chi connectivity index (χ2v) is 20.3. The van der Waals surface area contributed by atoms with E-state index >= 15 is 0 Å². The van der Waals surface area contributed by atoms with Crippen LogP contribution >= 0.6 is 0 Å². The van der Waals surface area contributed by atoms with Crippen LogP contribution in [0.2, 0.25) is 0 Å². The van der Waals surface area contributed by atoms with Crippen LogP contribution in [-0.4, -0.2) is 0 Å². The molecule has 0 fully saturated rings. The Balaban J connectivity index is 0.888. The number of benzene rings is 13. The molecule has 0 radical (unpaired) electrons. The molecule has 0 saturated carbocycles. The molecule has 2 aliphatic rings. The Morgan fingerprint density at radius 1 is 0.280 bits per heavy atom. The van der Waals surface area contributed by atoms with Crippen molar-refractivity contribution in [1.29, 1.82) is 0 Å². The van der Waals surface area contributed by atoms with E-state index in [1.54, 1.807) is 0 Å². The van der Waals surface area contributed by atoms with Gasteiger partial charge in [0.25, 0.3) is 0 Å². The third-order valence-electron chi connectivity index (χ3n) is 16.4. The molecule has 1 aromatic heterocycles. The molecule has 13 aromatic carbocycles. The van der Waals surface area contributed by atoms with Gasteiger partial charge < -0.3 is 9.32 Å². The number of rotatable bonds is 6. The Morgan fingerprint density at radius 3 is 1.45 bits per heavy atom. The summed E-state index contributed by atoms with van der Waals surface area (Å²) >= 11 is 0. The molecule has 0 aliphatic heterocycles. The van der Waals surface area contributed by atoms with Gasteiger partial charge >= 0.3 is 0 Å². The van der Waals surface area contributed by atoms with Crippen LogP contribution in [-0.2, 0) is 5.41 Å². The van der Waals surface area contributed by atoms with Gasteiger partial charge in [0.05, 0.1) is 16.5 Å². The number of nitrogens with zero attached hydrogens (tertiary/aromatic N) is 1. The topological polar surface area (TPSA) is 16.4 Å². The van der Waals surface area contributed by atoms with E-state index in [1.807, 2.05) is 0 Å². The van der Waals surface area contributed by atoms with Gasteiger partial charge in [-0.2, -0.15) is 0 Å². The number of fused-ring (bicyclic) bond motifs is 17. The molecule has 0 amide bonds. The van der Waals surface area contributed by atoms with Crippen molar-refractivity contribution in [3.8, 4) is 55.6 Å². The highest BCUT2D eigenvalue weighted by Gasteiger charge is 2.51. The molecule has 0 saturated heterocycles. The van der Waals surface area contributed by atoms with Crippen LogP contribution in [0.5, 0.6) is 0 Å². The van der Waals surface area contributed by atoms with Crippen molar-refractivity contribution < 1.29 is 4.42 Å². The van der Waals surface area contributed by atoms with Crippen LogP contribution in [0.3, 0.4) is 0 Å². The summed E-state index contributed by atoms with van der Waals surface area (Å²) in [7, 11) is 0. The van der Waals surface area contributed by atoms with Crippen LogP contribution in [0.25, 0.3) is 110 Å². The second kappa shape index (κ2) is 16.1. The lowest BCUT2D eigenvalue weighted by atomic mass is 9.70. The summed E-state index contributed by atoms with van der Waals surface area (Å²) in [5.41, 5.74) is 22.2. The molecule has 2 aliphatic carbocycles. The number of anilines is 3. The van der Waals surface area contributed by atoms with Gasteiger partial charge in [-0.15, -0.1) is 0 Å². The second-order valence-electron chi connectivity index (χ2n) is 20.3. The average Bonchev–Trinajstić information content (AvgIpc) is 4.30. The molecule has 348 valence electrons. The summed E-state index contributed by atoms with van der Waals surface area (Å²) in [6.45, 7) is 0. The Bertz CT molecular complexity index is 4550. The Hall–Kier alpha value is -9.76. The summed E-state index contributed by atoms with van der Waals surface area (Å²) in [4.78, 5) is 2.41. The molecule has 16 rings (SSSR count). The van der Waals surface area contributed by atoms with Crippen molar-refractivity contribution in [3.63, 3.8) is 0 Å². The van der Waals surface area contributed by atoms with Gasteiger partial charge in [-0.25, -0.2) is 0 Å². The highest BCUT2D eigenvalue weighted by Crippen LogP contribution is 2.63. The molecular weight excluding hydrogens is 907 g/mol. The first-order valence-corrected chi connectivity index (χ1v) is 26.0. The SMILES string of the molecule is c1ccc(-c2ccc3c(c2)C2(c4ccccc4-c4ccccc42)c2cc(-c4cccc(-c5cc6c(oc7cccc(N(c8ccc9ccccc9c8)c8ccc9ccccc9c8)c76)c6ccccc56)c4)ccc2-3)cc1. The molecule has 0 unspecified atom stereocenters. The van der Waals surface area contributed by atoms with Crippen LogP contribution in [0.1, 0.15) is 22.3 Å². The molecule has 2 nitrogen and oxygen atoms in total. The van der Waals surface area contributed by atoms with E-state index in [9.17, 15) is 0 Å². The zero-order valence-corrected chi connectivity index (χ0v) is 40.8. The maximum Gasteiger partial charge on any atom is 0.143 e. The van der Waals surface area contributed by atoms with Crippen LogP contribution < -0.4 is 4.90 Å². The molecule has 0 atom stereocenters. The third kappa shape index (κ3) is 6.14. The van der Waals surface area contributed by atoms with E-state index < -0.39 is 5.41 Å². The molecular formula is C73H45NO. The van der Waals surface area contributed by atoms with Gasteiger partial charge in [0.15, 0.2) is 0 Å². The first kappa shape index (κ1) is 41.8. The maximum absolute atomic E-state index is 7.02. The molecule has 1 heterocycles. The lowest BCUT2D eigenvalue weighted by molar-refractivity contribution is 0.672. The van der Waals surface area contributed by atoms with Gasteiger partial charge in [-0.3, -0.25) is 0 Å². The van der Waals surface area contributed by atoms with E-state index in [-0.39, 0.29) is 0 Å². The molecule has 2 heteroatoms. The first-order chi connectivity index (χ1) is 37.2. The predicted molar refractivity (Wildman–Crippen MR) is 314 cm³/mol. The summed E-state index contributed by atoms with van der Waals surface area (Å²) < 4.78 is 7.02. The monoisotopic (exact) mass is 951 g/mol. The van der Waals surface area contributed by atoms with Crippen molar-refractivity contribution in [2.75, 3.05) is 4.90 Å². The minimum atomic E-state index is -0.481. The minimum Gasteiger partial charge on any atom is -0.455 e. The maximum atomic E-state index is 7.02. The van der Waals surface area contributed by atoms with Gasteiger partial charge in [0.2, 0.25) is 0 Å². The highest BCUT2D eigenvalue weighted by molar-refractivity contribution is 6.23. The van der Waals surface area contributed by atoms with Crippen molar-refractivity contribution >= 4 is 71.3 Å². The minimum absolute atomic E-state index is 0.481. The summed E-state index contributed by atoms with van der Waals surface area (Å²) in [5, 5.41) is 9.20. The van der Waals surface area contributed by atoms with Crippen molar-refractivity contribution in [2.24, 2.45) is 0 Å². The standard InChI is InChI=1S/C73H45NO/c1-2-16-46(17-3-1)52-34-38-60-61-39-35-53(44-68(61)73(67(60)43-52)65-28-12-10-25-58(65)59-26-11-13-29-66(59)73)49-22-14-23-54(40-49)63-45-64-71-69(30-15-31-70(71)75-72(64)62-27-9-8-24-57(62)63)74(55-36-32-47-18-4-6-20-50(47)41-55)56-37-33-48-19-5-7-21-51(48)42-56/h1-45H. The zero-order valence-electron chi connectivity index (χ0n) is 40.8. The van der Waals surface area contributed by atoms with Crippen molar-refractivity contribution in [2.45, 2.75) is 5.41 Å². The number of hydrogen-bond donors (Lipinski definition) is 0. The first-order valence-electron chi connectivity index (χ1n) is 26.0. The van der Waals surface area contributed by atoms with Gasteiger partial charge in [-0.05, 0) is 165 Å². The van der Waals surface area contributed by atoms with E-state index in [0.29, 0.717) is 0 Å². The van der Waals surface area contributed by atoms with Crippen LogP contribution in [0.15, 0.2) is 277 Å². The molecule has 1 spiro atoms. The Kier molecular flexibility index (Phi) is 8.99. The Morgan fingerprint density at radius 2 is 0.787 bits per heavy atom. The van der Waals surface area contributed by atoms with Gasteiger partial charge in [0, 0.05) is 22.1 Å². The predicted octanol–water partition coefficient (Wildman–Crippen LogP) is 19.9. The molecule has 75 heavy (non-hydrogen) atoms. The fourth-order valence-corrected chi connectivity index (χ4v) is 13.1. The summed E-state index contributed by atoms with van der Waals surface area (Å²) in [6, 6.07) is 101. The largest absolute Gasteiger partial charge is 0.455 e. The fraction of sp³-hybridized carbons (Fsp3) is 0.0137. The smallest absolute Gasteiger partial charge is 0.143 e.